The van der Waals surface area contributed by atoms with E-state index >= 15 is 0 Å². The van der Waals surface area contributed by atoms with Gasteiger partial charge in [-0.15, -0.1) is 0 Å². The Morgan fingerprint density at radius 1 is 1.03 bits per heavy atom. The summed E-state index contributed by atoms with van der Waals surface area (Å²) in [5, 5.41) is 4.46. The third-order valence-electron chi connectivity index (χ3n) is 6.20. The van der Waals surface area contributed by atoms with Crippen molar-refractivity contribution < 1.29 is 4.79 Å². The van der Waals surface area contributed by atoms with Crippen LogP contribution in [0.4, 0.5) is 5.69 Å². The lowest BCUT2D eigenvalue weighted by molar-refractivity contribution is -0.126. The molecule has 0 radical (unpaired) electrons. The van der Waals surface area contributed by atoms with E-state index in [2.05, 4.69) is 79.5 Å². The number of carbonyl (C=O) groups excluding carboxylic acids is 1. The Morgan fingerprint density at radius 2 is 1.78 bits per heavy atom. The molecule has 6 heteroatoms. The van der Waals surface area contributed by atoms with Gasteiger partial charge in [0.1, 0.15) is 5.82 Å². The van der Waals surface area contributed by atoms with E-state index in [1.54, 1.807) is 6.08 Å². The third-order valence-corrected chi connectivity index (χ3v) is 6.20. The summed E-state index contributed by atoms with van der Waals surface area (Å²) in [5.74, 6) is 1.12. The van der Waals surface area contributed by atoms with E-state index in [9.17, 15) is 4.79 Å². The first kappa shape index (κ1) is 21.9. The SMILES string of the molecule is Cc1cccc(N2CCN(C(=O)/C=C\c3cc(C)n(-c4ccnn4C(C)C)c3C)CC2)c1. The van der Waals surface area contributed by atoms with Crippen LogP contribution in [0.2, 0.25) is 0 Å². The molecule has 168 valence electrons. The number of anilines is 1. The maximum Gasteiger partial charge on any atom is 0.246 e. The van der Waals surface area contributed by atoms with Gasteiger partial charge in [-0.1, -0.05) is 12.1 Å². The molecule has 0 spiro atoms. The van der Waals surface area contributed by atoms with Gasteiger partial charge in [0.15, 0.2) is 0 Å². The number of aryl methyl sites for hydroxylation is 2. The topological polar surface area (TPSA) is 46.3 Å². The lowest BCUT2D eigenvalue weighted by atomic mass is 10.2. The molecule has 3 heterocycles. The molecule has 1 saturated heterocycles. The fourth-order valence-corrected chi connectivity index (χ4v) is 4.47. The van der Waals surface area contributed by atoms with Crippen molar-refractivity contribution in [2.75, 3.05) is 31.1 Å². The van der Waals surface area contributed by atoms with Crippen molar-refractivity contribution in [1.82, 2.24) is 19.2 Å². The lowest BCUT2D eigenvalue weighted by Gasteiger charge is -2.35. The van der Waals surface area contributed by atoms with Gasteiger partial charge >= 0.3 is 0 Å². The van der Waals surface area contributed by atoms with Crippen LogP contribution in [0.25, 0.3) is 11.9 Å². The van der Waals surface area contributed by atoms with Gasteiger partial charge < -0.3 is 14.4 Å². The molecule has 1 aliphatic heterocycles. The fourth-order valence-electron chi connectivity index (χ4n) is 4.47. The van der Waals surface area contributed by atoms with Crippen molar-refractivity contribution >= 4 is 17.7 Å². The minimum Gasteiger partial charge on any atom is -0.368 e. The number of carbonyl (C=O) groups is 1. The molecule has 1 aliphatic rings. The van der Waals surface area contributed by atoms with Gasteiger partial charge in [0.25, 0.3) is 0 Å². The standard InChI is InChI=1S/C26H33N5O/c1-19(2)31-25(11-12-27-31)30-21(4)18-23(22(30)5)9-10-26(32)29-15-13-28(14-16-29)24-8-6-7-20(3)17-24/h6-12,17-19H,13-16H2,1-5H3/b10-9-. The number of rotatable bonds is 5. The maximum absolute atomic E-state index is 12.8. The normalized spacial score (nSPS) is 14.7. The summed E-state index contributed by atoms with van der Waals surface area (Å²) >= 11 is 0. The molecule has 2 aromatic heterocycles. The zero-order valence-corrected chi connectivity index (χ0v) is 19.7. The van der Waals surface area contributed by atoms with Crippen molar-refractivity contribution in [2.45, 2.75) is 40.7 Å². The lowest BCUT2D eigenvalue weighted by Crippen LogP contribution is -2.48. The van der Waals surface area contributed by atoms with Crippen molar-refractivity contribution in [2.24, 2.45) is 0 Å². The van der Waals surface area contributed by atoms with Crippen LogP contribution in [0.1, 0.15) is 42.4 Å². The number of amides is 1. The van der Waals surface area contributed by atoms with Gasteiger partial charge in [-0.2, -0.15) is 5.10 Å². The van der Waals surface area contributed by atoms with Gasteiger partial charge in [-0.05, 0) is 70.0 Å². The van der Waals surface area contributed by atoms with Crippen molar-refractivity contribution in [1.29, 1.82) is 0 Å². The highest BCUT2D eigenvalue weighted by atomic mass is 16.2. The second-order valence-electron chi connectivity index (χ2n) is 8.87. The summed E-state index contributed by atoms with van der Waals surface area (Å²) in [5.41, 5.74) is 5.80. The second-order valence-corrected chi connectivity index (χ2v) is 8.87. The number of hydrogen-bond donors (Lipinski definition) is 0. The average molecular weight is 432 g/mol. The minimum atomic E-state index is 0.0749. The highest BCUT2D eigenvalue weighted by Crippen LogP contribution is 2.24. The molecule has 0 unspecified atom stereocenters. The maximum atomic E-state index is 12.8. The van der Waals surface area contributed by atoms with Crippen molar-refractivity contribution in [3.05, 3.63) is 71.2 Å². The highest BCUT2D eigenvalue weighted by molar-refractivity contribution is 5.92. The van der Waals surface area contributed by atoms with Crippen LogP contribution < -0.4 is 4.90 Å². The molecular weight excluding hydrogens is 398 g/mol. The number of benzene rings is 1. The predicted molar refractivity (Wildman–Crippen MR) is 130 cm³/mol. The predicted octanol–water partition coefficient (Wildman–Crippen LogP) is 4.54. The number of nitrogens with zero attached hydrogens (tertiary/aromatic N) is 5. The molecule has 1 fully saturated rings. The summed E-state index contributed by atoms with van der Waals surface area (Å²) in [7, 11) is 0. The van der Waals surface area contributed by atoms with Gasteiger partial charge in [-0.25, -0.2) is 4.68 Å². The van der Waals surface area contributed by atoms with E-state index in [1.165, 1.54) is 11.3 Å². The fraction of sp³-hybridized carbons (Fsp3) is 0.385. The molecule has 0 atom stereocenters. The summed E-state index contributed by atoms with van der Waals surface area (Å²) in [6.07, 6.45) is 5.50. The van der Waals surface area contributed by atoms with E-state index in [1.807, 2.05) is 27.9 Å². The van der Waals surface area contributed by atoms with Crippen LogP contribution in [0.3, 0.4) is 0 Å². The van der Waals surface area contributed by atoms with Crippen LogP contribution in [-0.2, 0) is 4.79 Å². The highest BCUT2D eigenvalue weighted by Gasteiger charge is 2.20. The number of piperazine rings is 1. The van der Waals surface area contributed by atoms with Gasteiger partial charge in [0.05, 0.1) is 6.20 Å². The quantitative estimate of drug-likeness (QED) is 0.557. The number of aromatic nitrogens is 3. The molecule has 4 rings (SSSR count). The van der Waals surface area contributed by atoms with E-state index in [-0.39, 0.29) is 11.9 Å². The number of hydrogen-bond acceptors (Lipinski definition) is 3. The molecule has 1 amide bonds. The zero-order chi connectivity index (χ0) is 22.8. The first-order valence-corrected chi connectivity index (χ1v) is 11.4. The van der Waals surface area contributed by atoms with Crippen molar-refractivity contribution in [3.8, 4) is 5.82 Å². The average Bonchev–Trinajstić information content (AvgIpc) is 3.36. The van der Waals surface area contributed by atoms with Crippen molar-refractivity contribution in [3.63, 3.8) is 0 Å². The Hall–Kier alpha value is -3.28. The van der Waals surface area contributed by atoms with Crippen LogP contribution in [-0.4, -0.2) is 51.3 Å². The third kappa shape index (κ3) is 4.35. The minimum absolute atomic E-state index is 0.0749. The van der Waals surface area contributed by atoms with Gasteiger partial charge in [0, 0.05) is 61.4 Å². The van der Waals surface area contributed by atoms with Gasteiger partial charge in [0.2, 0.25) is 5.91 Å². The Kier molecular flexibility index (Phi) is 6.21. The zero-order valence-electron chi connectivity index (χ0n) is 19.7. The molecule has 1 aromatic carbocycles. The Bertz CT molecular complexity index is 1130. The molecule has 0 aliphatic carbocycles. The monoisotopic (exact) mass is 431 g/mol. The van der Waals surface area contributed by atoms with E-state index in [0.29, 0.717) is 0 Å². The van der Waals surface area contributed by atoms with E-state index < -0.39 is 0 Å². The first-order chi connectivity index (χ1) is 15.3. The molecule has 6 nitrogen and oxygen atoms in total. The second kappa shape index (κ2) is 9.07. The van der Waals surface area contributed by atoms with Crippen LogP contribution in [0, 0.1) is 20.8 Å². The Labute approximate surface area is 190 Å². The summed E-state index contributed by atoms with van der Waals surface area (Å²) in [4.78, 5) is 17.1. The van der Waals surface area contributed by atoms with Crippen LogP contribution in [0.5, 0.6) is 0 Å². The summed E-state index contributed by atoms with van der Waals surface area (Å²) < 4.78 is 4.23. The molecule has 32 heavy (non-hydrogen) atoms. The smallest absolute Gasteiger partial charge is 0.246 e. The van der Waals surface area contributed by atoms with E-state index in [0.717, 1.165) is 48.9 Å². The van der Waals surface area contributed by atoms with Gasteiger partial charge in [-0.3, -0.25) is 4.79 Å². The first-order valence-electron chi connectivity index (χ1n) is 11.4. The summed E-state index contributed by atoms with van der Waals surface area (Å²) in [6, 6.07) is 13.0. The molecule has 0 bridgehead atoms. The van der Waals surface area contributed by atoms with Crippen LogP contribution in [0.15, 0.2) is 48.7 Å². The molecular formula is C26H33N5O. The Morgan fingerprint density at radius 3 is 2.47 bits per heavy atom. The summed E-state index contributed by atoms with van der Waals surface area (Å²) in [6.45, 7) is 13.7. The largest absolute Gasteiger partial charge is 0.368 e. The molecule has 3 aromatic rings. The van der Waals surface area contributed by atoms with E-state index in [4.69, 9.17) is 0 Å². The molecule has 0 saturated carbocycles. The Balaban J connectivity index is 1.44. The van der Waals surface area contributed by atoms with Crippen LogP contribution >= 0.6 is 0 Å². The molecule has 0 N–H and O–H groups in total.